The molecule has 11 heavy (non-hydrogen) atoms. The Morgan fingerprint density at radius 3 is 3.09 bits per heavy atom. The van der Waals surface area contributed by atoms with Gasteiger partial charge in [0.25, 0.3) is 0 Å². The molecular formula is C4HN5O2. The average Bonchev–Trinajstić information content (AvgIpc) is 2.04. The lowest BCUT2D eigenvalue weighted by Gasteiger charge is -1.86. The topological polar surface area (TPSA) is 94.7 Å². The van der Waals surface area contributed by atoms with Crippen LogP contribution in [0.3, 0.4) is 0 Å². The van der Waals surface area contributed by atoms with Gasteiger partial charge in [-0.15, -0.1) is 15.3 Å². The highest BCUT2D eigenvalue weighted by atomic mass is 16.4. The smallest absolute Gasteiger partial charge is 0.402 e. The maximum absolute atomic E-state index is 10.5. The Balaban J connectivity index is 2.94. The minimum Gasteiger partial charge on any atom is -0.402 e. The molecule has 2 aromatic heterocycles. The van der Waals surface area contributed by atoms with Gasteiger partial charge in [-0.25, -0.2) is 4.79 Å². The van der Waals surface area contributed by atoms with Gasteiger partial charge in [0.05, 0.1) is 6.20 Å². The first-order valence-corrected chi connectivity index (χ1v) is 2.68. The van der Waals surface area contributed by atoms with Crippen LogP contribution in [-0.4, -0.2) is 25.6 Å². The van der Waals surface area contributed by atoms with Crippen molar-refractivity contribution in [2.75, 3.05) is 0 Å². The average molecular weight is 151 g/mol. The number of hydrogen-bond acceptors (Lipinski definition) is 7. The van der Waals surface area contributed by atoms with E-state index in [4.69, 9.17) is 0 Å². The fourth-order valence-corrected chi connectivity index (χ4v) is 0.597. The Labute approximate surface area is 59.1 Å². The Morgan fingerprint density at radius 2 is 2.18 bits per heavy atom. The lowest BCUT2D eigenvalue weighted by Crippen LogP contribution is -2.06. The van der Waals surface area contributed by atoms with Crippen molar-refractivity contribution in [1.29, 1.82) is 0 Å². The Kier molecular flexibility index (Phi) is 1.08. The minimum absolute atomic E-state index is 0.166. The van der Waals surface area contributed by atoms with Crippen LogP contribution >= 0.6 is 0 Å². The molecular weight excluding hydrogens is 150 g/mol. The maximum atomic E-state index is 10.5. The van der Waals surface area contributed by atoms with Crippen LogP contribution < -0.4 is 5.76 Å². The molecule has 0 saturated heterocycles. The second-order valence-electron chi connectivity index (χ2n) is 1.69. The summed E-state index contributed by atoms with van der Waals surface area (Å²) in [7, 11) is 0. The van der Waals surface area contributed by atoms with Crippen LogP contribution in [0.1, 0.15) is 0 Å². The molecule has 0 bridgehead atoms. The predicted octanol–water partition coefficient (Wildman–Crippen LogP) is -1.23. The first kappa shape index (κ1) is 5.83. The lowest BCUT2D eigenvalue weighted by atomic mass is 10.6. The number of nitrogens with zero attached hydrogens (tertiary/aromatic N) is 5. The molecule has 2 heterocycles. The molecule has 0 spiro atoms. The molecule has 7 nitrogen and oxygen atoms in total. The van der Waals surface area contributed by atoms with E-state index in [1.54, 1.807) is 0 Å². The van der Waals surface area contributed by atoms with Crippen LogP contribution in [-0.2, 0) is 0 Å². The number of fused-ring (bicyclic) bond motifs is 1. The van der Waals surface area contributed by atoms with E-state index in [9.17, 15) is 4.79 Å². The zero-order valence-electron chi connectivity index (χ0n) is 5.13. The summed E-state index contributed by atoms with van der Waals surface area (Å²) in [4.78, 5) is 10.5. The molecule has 0 N–H and O–H groups in total. The minimum atomic E-state index is -0.771. The third kappa shape index (κ3) is 0.914. The predicted molar refractivity (Wildman–Crippen MR) is 31.5 cm³/mol. The normalized spacial score (nSPS) is 10.2. The summed E-state index contributed by atoms with van der Waals surface area (Å²) >= 11 is 0. The van der Waals surface area contributed by atoms with E-state index in [2.05, 4.69) is 30.0 Å². The maximum Gasteiger partial charge on any atom is 0.458 e. The molecule has 0 aliphatic rings. The van der Waals surface area contributed by atoms with E-state index in [0.29, 0.717) is 0 Å². The molecule has 0 atom stereocenters. The molecule has 0 aliphatic carbocycles. The van der Waals surface area contributed by atoms with Crippen LogP contribution in [0, 0.1) is 0 Å². The molecule has 0 radical (unpaired) electrons. The first-order valence-electron chi connectivity index (χ1n) is 2.68. The third-order valence-corrected chi connectivity index (χ3v) is 1.01. The monoisotopic (exact) mass is 151 g/mol. The molecule has 0 unspecified atom stereocenters. The first-order chi connectivity index (χ1) is 5.36. The van der Waals surface area contributed by atoms with Crippen LogP contribution in [0.4, 0.5) is 0 Å². The zero-order chi connectivity index (χ0) is 7.68. The summed E-state index contributed by atoms with van der Waals surface area (Å²) in [6.45, 7) is 0. The van der Waals surface area contributed by atoms with Gasteiger partial charge in [0.2, 0.25) is 11.2 Å². The van der Waals surface area contributed by atoms with Crippen LogP contribution in [0.5, 0.6) is 0 Å². The number of aromatic nitrogens is 5. The summed E-state index contributed by atoms with van der Waals surface area (Å²) in [6, 6.07) is 0. The second-order valence-corrected chi connectivity index (χ2v) is 1.69. The number of hydrogen-bond donors (Lipinski definition) is 0. The molecule has 2 aromatic rings. The van der Waals surface area contributed by atoms with Crippen molar-refractivity contribution in [2.24, 2.45) is 0 Å². The van der Waals surface area contributed by atoms with E-state index >= 15 is 0 Å². The SMILES string of the molecule is O=c1nnc2nnncc2o1. The summed E-state index contributed by atoms with van der Waals surface area (Å²) in [6.07, 6.45) is 1.25. The molecule has 54 valence electrons. The quantitative estimate of drug-likeness (QED) is 0.465. The van der Waals surface area contributed by atoms with E-state index < -0.39 is 5.76 Å². The van der Waals surface area contributed by atoms with E-state index in [-0.39, 0.29) is 11.2 Å². The molecule has 2 rings (SSSR count). The van der Waals surface area contributed by atoms with Gasteiger partial charge in [0.15, 0.2) is 0 Å². The van der Waals surface area contributed by atoms with Crippen molar-refractivity contribution in [1.82, 2.24) is 25.6 Å². The van der Waals surface area contributed by atoms with E-state index in [1.165, 1.54) is 6.20 Å². The Morgan fingerprint density at radius 1 is 1.27 bits per heavy atom. The Bertz CT molecular complexity index is 437. The second kappa shape index (κ2) is 2.04. The van der Waals surface area contributed by atoms with Crippen LogP contribution in [0.2, 0.25) is 0 Å². The van der Waals surface area contributed by atoms with Gasteiger partial charge in [-0.2, -0.15) is 0 Å². The van der Waals surface area contributed by atoms with Crippen molar-refractivity contribution < 1.29 is 4.42 Å². The highest BCUT2D eigenvalue weighted by Crippen LogP contribution is 1.97. The van der Waals surface area contributed by atoms with Gasteiger partial charge >= 0.3 is 5.76 Å². The largest absolute Gasteiger partial charge is 0.458 e. The Hall–Kier alpha value is -1.92. The van der Waals surface area contributed by atoms with Gasteiger partial charge in [-0.3, -0.25) is 0 Å². The fourth-order valence-electron chi connectivity index (χ4n) is 0.597. The zero-order valence-corrected chi connectivity index (χ0v) is 5.13. The van der Waals surface area contributed by atoms with Gasteiger partial charge < -0.3 is 4.42 Å². The molecule has 0 aliphatic heterocycles. The van der Waals surface area contributed by atoms with Crippen molar-refractivity contribution in [2.45, 2.75) is 0 Å². The van der Waals surface area contributed by atoms with Gasteiger partial charge in [0, 0.05) is 0 Å². The van der Waals surface area contributed by atoms with Gasteiger partial charge in [0.1, 0.15) is 0 Å². The molecule has 0 amide bonds. The van der Waals surface area contributed by atoms with Gasteiger partial charge in [-0.1, -0.05) is 5.10 Å². The third-order valence-electron chi connectivity index (χ3n) is 1.01. The molecule has 7 heteroatoms. The summed E-state index contributed by atoms with van der Waals surface area (Å²) in [5, 5.41) is 16.6. The van der Waals surface area contributed by atoms with Crippen LogP contribution in [0.15, 0.2) is 15.4 Å². The molecule has 0 fully saturated rings. The van der Waals surface area contributed by atoms with Gasteiger partial charge in [-0.05, 0) is 5.21 Å². The summed E-state index contributed by atoms with van der Waals surface area (Å²) in [5.74, 6) is -0.771. The van der Waals surface area contributed by atoms with Crippen molar-refractivity contribution in [3.8, 4) is 0 Å². The summed E-state index contributed by atoms with van der Waals surface area (Å²) in [5.41, 5.74) is 0.347. The van der Waals surface area contributed by atoms with E-state index in [0.717, 1.165) is 0 Å². The molecule has 0 aromatic carbocycles. The van der Waals surface area contributed by atoms with Crippen molar-refractivity contribution in [3.05, 3.63) is 16.7 Å². The fraction of sp³-hybridized carbons (Fsp3) is 0. The standard InChI is InChI=1S/C4HN5O2/c10-4-8-6-3-2(11-4)1-5-9-7-3/h1H. The highest BCUT2D eigenvalue weighted by molar-refractivity contribution is 5.62. The highest BCUT2D eigenvalue weighted by Gasteiger charge is 1.98. The molecule has 0 saturated carbocycles. The number of rotatable bonds is 0. The van der Waals surface area contributed by atoms with Crippen LogP contribution in [0.25, 0.3) is 11.2 Å². The summed E-state index contributed by atoms with van der Waals surface area (Å²) < 4.78 is 4.57. The van der Waals surface area contributed by atoms with Crippen molar-refractivity contribution in [3.63, 3.8) is 0 Å². The van der Waals surface area contributed by atoms with Crippen molar-refractivity contribution >= 4 is 11.2 Å². The lowest BCUT2D eigenvalue weighted by molar-refractivity contribution is 0.509. The van der Waals surface area contributed by atoms with E-state index in [1.807, 2.05) is 0 Å².